The maximum Gasteiger partial charge on any atom is 0.431 e. The summed E-state index contributed by atoms with van der Waals surface area (Å²) in [6, 6.07) is 0. The lowest BCUT2D eigenvalue weighted by Crippen LogP contribution is -2.18. The fraction of sp³-hybridized carbons (Fsp3) is 0.556. The minimum absolute atomic E-state index is 0.217. The van der Waals surface area contributed by atoms with Gasteiger partial charge < -0.3 is 9.47 Å². The SMILES string of the molecule is CCC#COC(=O)C(=O)OCCC. The molecule has 0 aliphatic rings. The molecular formula is C9H12O4. The molecule has 0 aromatic heterocycles. The van der Waals surface area contributed by atoms with Gasteiger partial charge in [0.25, 0.3) is 0 Å². The first-order chi connectivity index (χ1) is 6.22. The van der Waals surface area contributed by atoms with E-state index in [4.69, 9.17) is 0 Å². The number of esters is 2. The summed E-state index contributed by atoms with van der Waals surface area (Å²) < 4.78 is 8.77. The van der Waals surface area contributed by atoms with E-state index >= 15 is 0 Å². The Kier molecular flexibility index (Phi) is 6.34. The van der Waals surface area contributed by atoms with E-state index in [0.29, 0.717) is 12.8 Å². The molecule has 0 rings (SSSR count). The Morgan fingerprint density at radius 1 is 1.23 bits per heavy atom. The Balaban J connectivity index is 3.76. The molecule has 0 bridgehead atoms. The highest BCUT2D eigenvalue weighted by molar-refractivity contribution is 6.29. The van der Waals surface area contributed by atoms with Crippen LogP contribution in [0.25, 0.3) is 0 Å². The van der Waals surface area contributed by atoms with Gasteiger partial charge in [-0.3, -0.25) is 0 Å². The molecule has 0 unspecified atom stereocenters. The van der Waals surface area contributed by atoms with E-state index in [2.05, 4.69) is 21.5 Å². The molecule has 0 fully saturated rings. The molecule has 0 aliphatic carbocycles. The van der Waals surface area contributed by atoms with Crippen LogP contribution in [0.5, 0.6) is 0 Å². The van der Waals surface area contributed by atoms with Gasteiger partial charge in [0.2, 0.25) is 0 Å². The third kappa shape index (κ3) is 5.74. The summed E-state index contributed by atoms with van der Waals surface area (Å²) in [6.45, 7) is 3.85. The van der Waals surface area contributed by atoms with Crippen LogP contribution in [0.1, 0.15) is 26.7 Å². The van der Waals surface area contributed by atoms with Gasteiger partial charge in [0, 0.05) is 6.42 Å². The van der Waals surface area contributed by atoms with Gasteiger partial charge in [0.05, 0.1) is 6.61 Å². The third-order valence-electron chi connectivity index (χ3n) is 0.997. The van der Waals surface area contributed by atoms with Crippen molar-refractivity contribution < 1.29 is 19.1 Å². The molecule has 0 heterocycles. The van der Waals surface area contributed by atoms with Crippen molar-refractivity contribution in [3.63, 3.8) is 0 Å². The minimum atomic E-state index is -1.06. The van der Waals surface area contributed by atoms with E-state index in [1.807, 2.05) is 6.92 Å². The minimum Gasteiger partial charge on any atom is -0.457 e. The number of hydrogen-bond acceptors (Lipinski definition) is 4. The Morgan fingerprint density at radius 2 is 1.92 bits per heavy atom. The summed E-state index contributed by atoms with van der Waals surface area (Å²) in [4.78, 5) is 21.5. The first-order valence-electron chi connectivity index (χ1n) is 4.08. The van der Waals surface area contributed by atoms with Crippen molar-refractivity contribution in [2.75, 3.05) is 6.61 Å². The van der Waals surface area contributed by atoms with Crippen LogP contribution in [-0.4, -0.2) is 18.5 Å². The molecule has 0 N–H and O–H groups in total. The first-order valence-corrected chi connectivity index (χ1v) is 4.08. The van der Waals surface area contributed by atoms with E-state index in [0.717, 1.165) is 0 Å². The molecule has 0 amide bonds. The van der Waals surface area contributed by atoms with E-state index < -0.39 is 11.9 Å². The second-order valence-corrected chi connectivity index (χ2v) is 2.16. The third-order valence-corrected chi connectivity index (χ3v) is 0.997. The van der Waals surface area contributed by atoms with Crippen LogP contribution in [0.15, 0.2) is 0 Å². The van der Waals surface area contributed by atoms with Crippen molar-refractivity contribution in [3.8, 4) is 12.0 Å². The van der Waals surface area contributed by atoms with E-state index in [1.54, 1.807) is 6.92 Å². The van der Waals surface area contributed by atoms with Crippen LogP contribution >= 0.6 is 0 Å². The zero-order valence-corrected chi connectivity index (χ0v) is 7.75. The van der Waals surface area contributed by atoms with E-state index in [-0.39, 0.29) is 6.61 Å². The lowest BCUT2D eigenvalue weighted by Gasteiger charge is -1.98. The van der Waals surface area contributed by atoms with Crippen LogP contribution < -0.4 is 0 Å². The fourth-order valence-corrected chi connectivity index (χ4v) is 0.450. The normalized spacial score (nSPS) is 8.15. The van der Waals surface area contributed by atoms with Gasteiger partial charge in [-0.1, -0.05) is 19.8 Å². The van der Waals surface area contributed by atoms with Crippen LogP contribution in [0.2, 0.25) is 0 Å². The zero-order valence-electron chi connectivity index (χ0n) is 7.75. The number of ether oxygens (including phenoxy) is 2. The second-order valence-electron chi connectivity index (χ2n) is 2.16. The topological polar surface area (TPSA) is 52.6 Å². The smallest absolute Gasteiger partial charge is 0.431 e. The molecule has 4 nitrogen and oxygen atoms in total. The molecule has 0 radical (unpaired) electrons. The fourth-order valence-electron chi connectivity index (χ4n) is 0.450. The van der Waals surface area contributed by atoms with E-state index in [9.17, 15) is 9.59 Å². The maximum absolute atomic E-state index is 10.7. The number of carbonyl (C=O) groups is 2. The molecule has 4 heteroatoms. The molecular weight excluding hydrogens is 172 g/mol. The van der Waals surface area contributed by atoms with Gasteiger partial charge in [0.1, 0.15) is 6.11 Å². The number of hydrogen-bond donors (Lipinski definition) is 0. The Labute approximate surface area is 77.2 Å². The number of rotatable bonds is 2. The quantitative estimate of drug-likeness (QED) is 0.363. The summed E-state index contributed by atoms with van der Waals surface area (Å²) in [5, 5.41) is 0. The van der Waals surface area contributed by atoms with E-state index in [1.165, 1.54) is 0 Å². The predicted octanol–water partition coefficient (Wildman–Crippen LogP) is 0.854. The Bertz CT molecular complexity index is 234. The van der Waals surface area contributed by atoms with Crippen LogP contribution in [0, 0.1) is 12.0 Å². The maximum atomic E-state index is 10.7. The van der Waals surface area contributed by atoms with Gasteiger partial charge in [-0.25, -0.2) is 9.59 Å². The van der Waals surface area contributed by atoms with Crippen molar-refractivity contribution in [1.82, 2.24) is 0 Å². The molecule has 0 aromatic carbocycles. The zero-order chi connectivity index (χ0) is 10.1. The highest BCUT2D eigenvalue weighted by Crippen LogP contribution is 1.86. The number of carbonyl (C=O) groups excluding carboxylic acids is 2. The van der Waals surface area contributed by atoms with Crippen LogP contribution in [-0.2, 0) is 19.1 Å². The average Bonchev–Trinajstić information content (AvgIpc) is 2.14. The van der Waals surface area contributed by atoms with Gasteiger partial charge in [-0.2, -0.15) is 0 Å². The molecule has 0 spiro atoms. The highest BCUT2D eigenvalue weighted by atomic mass is 16.6. The van der Waals surface area contributed by atoms with Gasteiger partial charge >= 0.3 is 11.9 Å². The summed E-state index contributed by atoms with van der Waals surface area (Å²) in [7, 11) is 0. The van der Waals surface area contributed by atoms with Gasteiger partial charge in [-0.05, 0) is 6.42 Å². The van der Waals surface area contributed by atoms with Gasteiger partial charge in [0.15, 0.2) is 0 Å². The van der Waals surface area contributed by atoms with Crippen molar-refractivity contribution in [2.24, 2.45) is 0 Å². The highest BCUT2D eigenvalue weighted by Gasteiger charge is 2.15. The molecule has 0 aliphatic heterocycles. The first kappa shape index (κ1) is 11.5. The second kappa shape index (κ2) is 7.17. The Hall–Kier alpha value is -1.50. The molecule has 0 aromatic rings. The van der Waals surface area contributed by atoms with Crippen molar-refractivity contribution >= 4 is 11.9 Å². The summed E-state index contributed by atoms with van der Waals surface area (Å²) in [6.07, 6.45) is 3.32. The molecule has 0 saturated heterocycles. The largest absolute Gasteiger partial charge is 0.457 e. The average molecular weight is 184 g/mol. The summed E-state index contributed by atoms with van der Waals surface area (Å²) >= 11 is 0. The molecule has 0 saturated carbocycles. The lowest BCUT2D eigenvalue weighted by molar-refractivity contribution is -0.163. The van der Waals surface area contributed by atoms with Crippen molar-refractivity contribution in [3.05, 3.63) is 0 Å². The molecule has 13 heavy (non-hydrogen) atoms. The molecule has 0 atom stereocenters. The van der Waals surface area contributed by atoms with Crippen LogP contribution in [0.4, 0.5) is 0 Å². The van der Waals surface area contributed by atoms with Crippen LogP contribution in [0.3, 0.4) is 0 Å². The van der Waals surface area contributed by atoms with Crippen molar-refractivity contribution in [1.29, 1.82) is 0 Å². The Morgan fingerprint density at radius 3 is 2.46 bits per heavy atom. The van der Waals surface area contributed by atoms with Gasteiger partial charge in [-0.15, -0.1) is 0 Å². The monoisotopic (exact) mass is 184 g/mol. The summed E-state index contributed by atoms with van der Waals surface area (Å²) in [5.74, 6) is 0.435. The van der Waals surface area contributed by atoms with Crippen molar-refractivity contribution in [2.45, 2.75) is 26.7 Å². The standard InChI is InChI=1S/C9H12O4/c1-3-5-7-13-9(11)8(10)12-6-4-2/h3-4,6H2,1-2H3. The summed E-state index contributed by atoms with van der Waals surface area (Å²) in [5.41, 5.74) is 0. The lowest BCUT2D eigenvalue weighted by atomic mass is 10.5. The predicted molar refractivity (Wildman–Crippen MR) is 45.4 cm³/mol. The molecule has 72 valence electrons.